The maximum Gasteiger partial charge on any atom is 0.224 e. The number of nitrogens with zero attached hydrogens (tertiary/aromatic N) is 1. The summed E-state index contributed by atoms with van der Waals surface area (Å²) >= 11 is 0. The summed E-state index contributed by atoms with van der Waals surface area (Å²) in [6.07, 6.45) is 5.09. The van der Waals surface area contributed by atoms with Gasteiger partial charge in [0.1, 0.15) is 0 Å². The largest absolute Gasteiger partial charge is 0.370 e. The lowest BCUT2D eigenvalue weighted by Gasteiger charge is -2.33. The van der Waals surface area contributed by atoms with E-state index in [2.05, 4.69) is 36.2 Å². The highest BCUT2D eigenvalue weighted by molar-refractivity contribution is 5.94. The van der Waals surface area contributed by atoms with Crippen LogP contribution in [0.2, 0.25) is 0 Å². The molecule has 1 aromatic rings. The second kappa shape index (κ2) is 7.32. The average Bonchev–Trinajstić information content (AvgIpc) is 2.47. The number of benzene rings is 1. The van der Waals surface area contributed by atoms with Crippen molar-refractivity contribution in [2.75, 3.05) is 23.3 Å². The van der Waals surface area contributed by atoms with E-state index >= 15 is 0 Å². The van der Waals surface area contributed by atoms with Gasteiger partial charge in [0.25, 0.3) is 0 Å². The Labute approximate surface area is 122 Å². The molecule has 2 rings (SSSR count). The number of rotatable bonds is 5. The summed E-state index contributed by atoms with van der Waals surface area (Å²) in [4.78, 5) is 14.3. The molecule has 0 radical (unpaired) electrons. The lowest BCUT2D eigenvalue weighted by atomic mass is 9.98. The van der Waals surface area contributed by atoms with E-state index in [0.29, 0.717) is 6.42 Å². The summed E-state index contributed by atoms with van der Waals surface area (Å²) in [5, 5.41) is 3.07. The number of nitrogens with one attached hydrogen (secondary N) is 1. The van der Waals surface area contributed by atoms with Gasteiger partial charge in [-0.3, -0.25) is 4.79 Å². The number of hydrogen-bond acceptors (Lipinski definition) is 2. The van der Waals surface area contributed by atoms with Crippen LogP contribution >= 0.6 is 0 Å². The molecule has 0 atom stereocenters. The van der Waals surface area contributed by atoms with Crippen molar-refractivity contribution in [3.05, 3.63) is 24.3 Å². The molecule has 1 N–H and O–H groups in total. The summed E-state index contributed by atoms with van der Waals surface area (Å²) in [6, 6.07) is 8.17. The minimum Gasteiger partial charge on any atom is -0.370 e. The molecule has 1 fully saturated rings. The molecule has 0 spiro atoms. The molecule has 0 unspecified atom stereocenters. The Balaban J connectivity index is 2.04. The molecule has 1 aliphatic heterocycles. The molecule has 1 heterocycles. The van der Waals surface area contributed by atoms with Gasteiger partial charge in [0.2, 0.25) is 5.91 Å². The van der Waals surface area contributed by atoms with Crippen LogP contribution in [-0.2, 0) is 4.79 Å². The van der Waals surface area contributed by atoms with Gasteiger partial charge in [-0.25, -0.2) is 0 Å². The summed E-state index contributed by atoms with van der Waals surface area (Å²) in [6.45, 7) is 6.60. The van der Waals surface area contributed by atoms with Crippen molar-refractivity contribution in [3.8, 4) is 0 Å². The van der Waals surface area contributed by atoms with Gasteiger partial charge < -0.3 is 10.2 Å². The smallest absolute Gasteiger partial charge is 0.224 e. The summed E-state index contributed by atoms with van der Waals surface area (Å²) in [7, 11) is 0. The standard InChI is InChI=1S/C17H26N2O/c1-3-4-9-17(20)18-15-7-5-6-8-16(15)19-12-10-14(2)11-13-19/h5-8,14H,3-4,9-13H2,1-2H3,(H,18,20). The van der Waals surface area contributed by atoms with E-state index in [0.717, 1.165) is 37.5 Å². The van der Waals surface area contributed by atoms with Gasteiger partial charge >= 0.3 is 0 Å². The van der Waals surface area contributed by atoms with Crippen LogP contribution in [0.5, 0.6) is 0 Å². The number of amides is 1. The Bertz CT molecular complexity index is 436. The van der Waals surface area contributed by atoms with E-state index in [-0.39, 0.29) is 5.91 Å². The molecule has 0 aromatic heterocycles. The highest BCUT2D eigenvalue weighted by Gasteiger charge is 2.18. The average molecular weight is 274 g/mol. The fourth-order valence-electron chi connectivity index (χ4n) is 2.65. The fourth-order valence-corrected chi connectivity index (χ4v) is 2.65. The maximum atomic E-state index is 11.9. The summed E-state index contributed by atoms with van der Waals surface area (Å²) in [5.74, 6) is 0.947. The zero-order chi connectivity index (χ0) is 14.4. The first kappa shape index (κ1) is 14.9. The monoisotopic (exact) mass is 274 g/mol. The molecule has 3 heteroatoms. The van der Waals surface area contributed by atoms with Gasteiger partial charge in [0.15, 0.2) is 0 Å². The number of carbonyl (C=O) groups is 1. The predicted octanol–water partition coefficient (Wildman–Crippen LogP) is 4.05. The van der Waals surface area contributed by atoms with Crippen molar-refractivity contribution < 1.29 is 4.79 Å². The Morgan fingerprint density at radius 2 is 2.00 bits per heavy atom. The van der Waals surface area contributed by atoms with Gasteiger partial charge in [0.05, 0.1) is 11.4 Å². The van der Waals surface area contributed by atoms with Crippen molar-refractivity contribution in [1.29, 1.82) is 0 Å². The molecule has 1 aliphatic rings. The topological polar surface area (TPSA) is 32.3 Å². The van der Waals surface area contributed by atoms with Gasteiger partial charge in [-0.05, 0) is 37.3 Å². The number of unbranched alkanes of at least 4 members (excludes halogenated alkanes) is 1. The Hall–Kier alpha value is -1.51. The maximum absolute atomic E-state index is 11.9. The van der Waals surface area contributed by atoms with Crippen LogP contribution < -0.4 is 10.2 Å². The molecule has 0 saturated carbocycles. The highest BCUT2D eigenvalue weighted by atomic mass is 16.1. The second-order valence-corrected chi connectivity index (χ2v) is 5.84. The lowest BCUT2D eigenvalue weighted by molar-refractivity contribution is -0.116. The van der Waals surface area contributed by atoms with Crippen molar-refractivity contribution in [3.63, 3.8) is 0 Å². The summed E-state index contributed by atoms with van der Waals surface area (Å²) in [5.41, 5.74) is 2.13. The Kier molecular flexibility index (Phi) is 5.45. The van der Waals surface area contributed by atoms with Crippen molar-refractivity contribution in [2.24, 2.45) is 5.92 Å². The summed E-state index contributed by atoms with van der Waals surface area (Å²) < 4.78 is 0. The van der Waals surface area contributed by atoms with Gasteiger partial charge in [-0.1, -0.05) is 32.4 Å². The van der Waals surface area contributed by atoms with Gasteiger partial charge in [-0.15, -0.1) is 0 Å². The van der Waals surface area contributed by atoms with E-state index in [1.165, 1.54) is 18.5 Å². The number of anilines is 2. The van der Waals surface area contributed by atoms with Gasteiger partial charge in [-0.2, -0.15) is 0 Å². The number of carbonyl (C=O) groups excluding carboxylic acids is 1. The van der Waals surface area contributed by atoms with Crippen LogP contribution in [-0.4, -0.2) is 19.0 Å². The number of piperidine rings is 1. The molecular weight excluding hydrogens is 248 g/mol. The first-order valence-electron chi connectivity index (χ1n) is 7.84. The Morgan fingerprint density at radius 1 is 1.30 bits per heavy atom. The molecule has 1 amide bonds. The molecule has 0 aliphatic carbocycles. The molecule has 3 nitrogen and oxygen atoms in total. The van der Waals surface area contributed by atoms with E-state index in [1.807, 2.05) is 12.1 Å². The first-order chi connectivity index (χ1) is 9.70. The number of para-hydroxylation sites is 2. The zero-order valence-electron chi connectivity index (χ0n) is 12.7. The van der Waals surface area contributed by atoms with E-state index < -0.39 is 0 Å². The lowest BCUT2D eigenvalue weighted by Crippen LogP contribution is -2.33. The second-order valence-electron chi connectivity index (χ2n) is 5.84. The van der Waals surface area contributed by atoms with E-state index in [9.17, 15) is 4.79 Å². The SMILES string of the molecule is CCCCC(=O)Nc1ccccc1N1CCC(C)CC1. The van der Waals surface area contributed by atoms with Crippen LogP contribution in [0.15, 0.2) is 24.3 Å². The molecule has 1 aromatic carbocycles. The first-order valence-corrected chi connectivity index (χ1v) is 7.84. The zero-order valence-corrected chi connectivity index (χ0v) is 12.7. The van der Waals surface area contributed by atoms with E-state index in [4.69, 9.17) is 0 Å². The molecule has 20 heavy (non-hydrogen) atoms. The molecule has 1 saturated heterocycles. The van der Waals surface area contributed by atoms with Crippen molar-refractivity contribution >= 4 is 17.3 Å². The minimum absolute atomic E-state index is 0.129. The minimum atomic E-state index is 0.129. The molecule has 110 valence electrons. The third-order valence-corrected chi connectivity index (χ3v) is 4.06. The number of hydrogen-bond donors (Lipinski definition) is 1. The van der Waals surface area contributed by atoms with Crippen LogP contribution in [0.3, 0.4) is 0 Å². The van der Waals surface area contributed by atoms with Crippen LogP contribution in [0.4, 0.5) is 11.4 Å². The van der Waals surface area contributed by atoms with Gasteiger partial charge in [0, 0.05) is 19.5 Å². The normalized spacial score (nSPS) is 16.2. The fraction of sp³-hybridized carbons (Fsp3) is 0.588. The van der Waals surface area contributed by atoms with Crippen molar-refractivity contribution in [1.82, 2.24) is 0 Å². The highest BCUT2D eigenvalue weighted by Crippen LogP contribution is 2.29. The molecule has 0 bridgehead atoms. The van der Waals surface area contributed by atoms with Crippen LogP contribution in [0.25, 0.3) is 0 Å². The Morgan fingerprint density at radius 3 is 2.70 bits per heavy atom. The van der Waals surface area contributed by atoms with Crippen molar-refractivity contribution in [2.45, 2.75) is 46.0 Å². The van der Waals surface area contributed by atoms with Crippen LogP contribution in [0, 0.1) is 5.92 Å². The third-order valence-electron chi connectivity index (χ3n) is 4.06. The quantitative estimate of drug-likeness (QED) is 0.878. The molecular formula is C17H26N2O. The van der Waals surface area contributed by atoms with E-state index in [1.54, 1.807) is 0 Å². The third kappa shape index (κ3) is 3.99. The van der Waals surface area contributed by atoms with Crippen LogP contribution in [0.1, 0.15) is 46.0 Å². The predicted molar refractivity (Wildman–Crippen MR) is 85.2 cm³/mol.